The van der Waals surface area contributed by atoms with Crippen molar-refractivity contribution in [3.8, 4) is 0 Å². The van der Waals surface area contributed by atoms with E-state index in [1.165, 1.54) is 6.07 Å². The molecule has 0 radical (unpaired) electrons. The number of para-hydroxylation sites is 1. The van der Waals surface area contributed by atoms with Crippen LogP contribution in [0.5, 0.6) is 0 Å². The third kappa shape index (κ3) is 3.23. The number of hydrogen-bond acceptors (Lipinski definition) is 4. The summed E-state index contributed by atoms with van der Waals surface area (Å²) in [6.07, 6.45) is 6.77. The molecule has 7 heteroatoms. The fourth-order valence-electron chi connectivity index (χ4n) is 2.78. The second-order valence-corrected chi connectivity index (χ2v) is 5.83. The normalized spacial score (nSPS) is 10.8. The molecule has 0 saturated carbocycles. The standard InChI is InChI=1S/C19H15N5O2/c25-18-9-16(15-3-1-2-4-17(15)23-18)19(26)22-14-10-21-24(12-14)11-13-5-7-20-8-6-13/h1-10,12H,11H2,(H,22,26)(H,23,25). The number of H-pyrrole nitrogens is 1. The van der Waals surface area contributed by atoms with E-state index in [-0.39, 0.29) is 11.5 Å². The molecule has 0 unspecified atom stereocenters. The highest BCUT2D eigenvalue weighted by Crippen LogP contribution is 2.16. The summed E-state index contributed by atoms with van der Waals surface area (Å²) in [4.78, 5) is 31.2. The molecule has 0 aliphatic carbocycles. The van der Waals surface area contributed by atoms with Gasteiger partial charge in [0.15, 0.2) is 0 Å². The topological polar surface area (TPSA) is 92.7 Å². The number of benzene rings is 1. The van der Waals surface area contributed by atoms with E-state index in [2.05, 4.69) is 20.4 Å². The van der Waals surface area contributed by atoms with Crippen LogP contribution < -0.4 is 10.9 Å². The highest BCUT2D eigenvalue weighted by Gasteiger charge is 2.12. The Bertz CT molecular complexity index is 1130. The first-order valence-electron chi connectivity index (χ1n) is 8.04. The van der Waals surface area contributed by atoms with Crippen molar-refractivity contribution in [2.45, 2.75) is 6.54 Å². The van der Waals surface area contributed by atoms with Gasteiger partial charge in [-0.1, -0.05) is 18.2 Å². The van der Waals surface area contributed by atoms with Gasteiger partial charge >= 0.3 is 0 Å². The number of carbonyl (C=O) groups excluding carboxylic acids is 1. The maximum Gasteiger partial charge on any atom is 0.256 e. The zero-order chi connectivity index (χ0) is 17.9. The van der Waals surface area contributed by atoms with Crippen LogP contribution in [0.25, 0.3) is 10.9 Å². The summed E-state index contributed by atoms with van der Waals surface area (Å²) in [5.41, 5.74) is 2.25. The molecule has 1 amide bonds. The number of pyridine rings is 2. The molecule has 0 aliphatic heterocycles. The number of aromatic amines is 1. The average molecular weight is 345 g/mol. The fraction of sp³-hybridized carbons (Fsp3) is 0.0526. The summed E-state index contributed by atoms with van der Waals surface area (Å²) in [5, 5.41) is 7.74. The second-order valence-electron chi connectivity index (χ2n) is 5.83. The number of rotatable bonds is 4. The summed E-state index contributed by atoms with van der Waals surface area (Å²) < 4.78 is 1.72. The Morgan fingerprint density at radius 2 is 1.96 bits per heavy atom. The van der Waals surface area contributed by atoms with E-state index in [9.17, 15) is 9.59 Å². The Morgan fingerprint density at radius 3 is 2.81 bits per heavy atom. The minimum Gasteiger partial charge on any atom is -0.322 e. The van der Waals surface area contributed by atoms with E-state index < -0.39 is 0 Å². The van der Waals surface area contributed by atoms with E-state index in [0.717, 1.165) is 5.56 Å². The minimum atomic E-state index is -0.351. The molecule has 128 valence electrons. The van der Waals surface area contributed by atoms with Crippen LogP contribution in [0.1, 0.15) is 15.9 Å². The van der Waals surface area contributed by atoms with Crippen molar-refractivity contribution >= 4 is 22.5 Å². The average Bonchev–Trinajstić information content (AvgIpc) is 3.08. The van der Waals surface area contributed by atoms with Crippen LogP contribution in [0.15, 0.2) is 72.0 Å². The first-order chi connectivity index (χ1) is 12.7. The van der Waals surface area contributed by atoms with Crippen molar-refractivity contribution in [3.05, 3.63) is 88.7 Å². The zero-order valence-corrected chi connectivity index (χ0v) is 13.7. The van der Waals surface area contributed by atoms with Gasteiger partial charge < -0.3 is 10.3 Å². The SMILES string of the molecule is O=C(Nc1cnn(Cc2ccncc2)c1)c1cc(=O)[nH]c2ccccc12. The van der Waals surface area contributed by atoms with Crippen molar-refractivity contribution in [2.75, 3.05) is 5.32 Å². The maximum absolute atomic E-state index is 12.6. The number of nitrogens with zero attached hydrogens (tertiary/aromatic N) is 3. The largest absolute Gasteiger partial charge is 0.322 e. The molecule has 4 rings (SSSR count). The predicted molar refractivity (Wildman–Crippen MR) is 98.1 cm³/mol. The molecule has 7 nitrogen and oxygen atoms in total. The Hall–Kier alpha value is -3.74. The Labute approximate surface area is 148 Å². The summed E-state index contributed by atoms with van der Waals surface area (Å²) in [6.45, 7) is 0.576. The number of aromatic nitrogens is 4. The van der Waals surface area contributed by atoms with Gasteiger partial charge in [0, 0.05) is 35.6 Å². The van der Waals surface area contributed by atoms with Gasteiger partial charge in [-0.2, -0.15) is 5.10 Å². The molecule has 0 bridgehead atoms. The van der Waals surface area contributed by atoms with Crippen molar-refractivity contribution in [1.82, 2.24) is 19.7 Å². The van der Waals surface area contributed by atoms with Gasteiger partial charge in [0.1, 0.15) is 0 Å². The quantitative estimate of drug-likeness (QED) is 0.594. The Balaban J connectivity index is 1.57. The molecule has 3 heterocycles. The number of amides is 1. The number of hydrogen-bond donors (Lipinski definition) is 2. The van der Waals surface area contributed by atoms with E-state index in [4.69, 9.17) is 0 Å². The first-order valence-corrected chi connectivity index (χ1v) is 8.04. The lowest BCUT2D eigenvalue weighted by Gasteiger charge is -2.06. The second kappa shape index (κ2) is 6.64. The molecule has 3 aromatic heterocycles. The predicted octanol–water partition coefficient (Wildman–Crippen LogP) is 2.42. The molecule has 26 heavy (non-hydrogen) atoms. The monoisotopic (exact) mass is 345 g/mol. The van der Waals surface area contributed by atoms with Crippen LogP contribution in [0, 0.1) is 0 Å². The molecule has 0 aliphatic rings. The molecular formula is C19H15N5O2. The Morgan fingerprint density at radius 1 is 1.15 bits per heavy atom. The van der Waals surface area contributed by atoms with Gasteiger partial charge in [-0.05, 0) is 23.8 Å². The highest BCUT2D eigenvalue weighted by atomic mass is 16.2. The van der Waals surface area contributed by atoms with Crippen LogP contribution >= 0.6 is 0 Å². The molecule has 0 spiro atoms. The van der Waals surface area contributed by atoms with Crippen LogP contribution in [-0.4, -0.2) is 25.7 Å². The van der Waals surface area contributed by atoms with Crippen molar-refractivity contribution < 1.29 is 4.79 Å². The van der Waals surface area contributed by atoms with E-state index in [1.54, 1.807) is 41.6 Å². The number of nitrogens with one attached hydrogen (secondary N) is 2. The van der Waals surface area contributed by atoms with Gasteiger partial charge in [0.05, 0.1) is 24.0 Å². The van der Waals surface area contributed by atoms with Crippen LogP contribution in [0.4, 0.5) is 5.69 Å². The van der Waals surface area contributed by atoms with E-state index in [0.29, 0.717) is 28.7 Å². The molecule has 0 fully saturated rings. The molecule has 1 aromatic carbocycles. The number of fused-ring (bicyclic) bond motifs is 1. The zero-order valence-electron chi connectivity index (χ0n) is 13.7. The molecule has 2 N–H and O–H groups in total. The van der Waals surface area contributed by atoms with Crippen molar-refractivity contribution in [2.24, 2.45) is 0 Å². The summed E-state index contributed by atoms with van der Waals surface area (Å²) in [5.74, 6) is -0.351. The smallest absolute Gasteiger partial charge is 0.256 e. The van der Waals surface area contributed by atoms with Crippen LogP contribution in [0.2, 0.25) is 0 Å². The van der Waals surface area contributed by atoms with Crippen LogP contribution in [0.3, 0.4) is 0 Å². The minimum absolute atomic E-state index is 0.317. The van der Waals surface area contributed by atoms with E-state index in [1.807, 2.05) is 24.3 Å². The van der Waals surface area contributed by atoms with Gasteiger partial charge in [0.25, 0.3) is 5.91 Å². The van der Waals surface area contributed by atoms with Crippen LogP contribution in [-0.2, 0) is 6.54 Å². The lowest BCUT2D eigenvalue weighted by Crippen LogP contribution is -2.16. The van der Waals surface area contributed by atoms with Gasteiger partial charge in [-0.25, -0.2) is 0 Å². The molecule has 0 saturated heterocycles. The Kier molecular flexibility index (Phi) is 4.03. The third-order valence-corrected chi connectivity index (χ3v) is 3.98. The highest BCUT2D eigenvalue weighted by molar-refractivity contribution is 6.12. The summed E-state index contributed by atoms with van der Waals surface area (Å²) >= 11 is 0. The van der Waals surface area contributed by atoms with Gasteiger partial charge in [-0.15, -0.1) is 0 Å². The summed E-state index contributed by atoms with van der Waals surface area (Å²) in [7, 11) is 0. The van der Waals surface area contributed by atoms with Crippen molar-refractivity contribution in [1.29, 1.82) is 0 Å². The van der Waals surface area contributed by atoms with Crippen molar-refractivity contribution in [3.63, 3.8) is 0 Å². The fourth-order valence-corrected chi connectivity index (χ4v) is 2.78. The summed E-state index contributed by atoms with van der Waals surface area (Å²) in [6, 6.07) is 12.3. The lowest BCUT2D eigenvalue weighted by atomic mass is 10.1. The third-order valence-electron chi connectivity index (χ3n) is 3.98. The van der Waals surface area contributed by atoms with Gasteiger partial charge in [-0.3, -0.25) is 19.3 Å². The number of anilines is 1. The first kappa shape index (κ1) is 15.8. The lowest BCUT2D eigenvalue weighted by molar-refractivity contribution is 0.102. The molecule has 0 atom stereocenters. The van der Waals surface area contributed by atoms with Gasteiger partial charge in [0.2, 0.25) is 5.56 Å². The molecular weight excluding hydrogens is 330 g/mol. The number of carbonyl (C=O) groups is 1. The molecule has 4 aromatic rings. The maximum atomic E-state index is 12.6. The van der Waals surface area contributed by atoms with E-state index >= 15 is 0 Å².